The second-order valence-electron chi connectivity index (χ2n) is 12.6. The minimum atomic E-state index is -0.724. The fraction of sp³-hybridized carbons (Fsp3) is 0.647. The summed E-state index contributed by atoms with van der Waals surface area (Å²) in [5, 5.41) is 0. The van der Waals surface area contributed by atoms with Crippen LogP contribution in [0.25, 0.3) is 0 Å². The average molecular weight is 565 g/mol. The highest BCUT2D eigenvalue weighted by Crippen LogP contribution is 2.39. The Morgan fingerprint density at radius 1 is 0.756 bits per heavy atom. The van der Waals surface area contributed by atoms with Crippen LogP contribution in [0.2, 0.25) is 0 Å². The third-order valence-electron chi connectivity index (χ3n) is 9.70. The molecule has 2 aliphatic carbocycles. The molecule has 4 aliphatic rings. The molecule has 2 saturated carbocycles. The van der Waals surface area contributed by atoms with Gasteiger partial charge in [-0.3, -0.25) is 19.2 Å². The summed E-state index contributed by atoms with van der Waals surface area (Å²) in [6, 6.07) is 5.12. The molecule has 0 N–H and O–H groups in total. The van der Waals surface area contributed by atoms with Crippen LogP contribution in [0.4, 0.5) is 0 Å². The van der Waals surface area contributed by atoms with Crippen LogP contribution in [-0.2, 0) is 28.7 Å². The molecule has 2 unspecified atom stereocenters. The van der Waals surface area contributed by atoms with Crippen LogP contribution < -0.4 is 4.74 Å². The van der Waals surface area contributed by atoms with Crippen LogP contribution in [0.1, 0.15) is 120 Å². The third kappa shape index (κ3) is 7.66. The summed E-state index contributed by atoms with van der Waals surface area (Å²) in [5.41, 5.74) is 1.19. The van der Waals surface area contributed by atoms with Crippen LogP contribution in [-0.4, -0.2) is 30.5 Å². The second kappa shape index (κ2) is 13.8. The molecule has 2 heterocycles. The number of cyclic esters (lactones) is 4. The predicted molar refractivity (Wildman–Crippen MR) is 153 cm³/mol. The van der Waals surface area contributed by atoms with Crippen LogP contribution in [0.15, 0.2) is 30.4 Å². The molecule has 2 atom stereocenters. The van der Waals surface area contributed by atoms with Crippen LogP contribution in [0.5, 0.6) is 5.75 Å². The molecule has 2 aliphatic heterocycles. The van der Waals surface area contributed by atoms with Gasteiger partial charge in [-0.25, -0.2) is 0 Å². The Morgan fingerprint density at radius 3 is 1.85 bits per heavy atom. The predicted octanol–water partition coefficient (Wildman–Crippen LogP) is 6.93. The summed E-state index contributed by atoms with van der Waals surface area (Å²) in [4.78, 5) is 47.8. The Bertz CT molecular complexity index is 1140. The molecule has 4 fully saturated rings. The molecule has 1 aromatic carbocycles. The average Bonchev–Trinajstić information content (AvgIpc) is 3.49. The van der Waals surface area contributed by atoms with Crippen molar-refractivity contribution in [1.82, 2.24) is 0 Å². The minimum Gasteiger partial charge on any atom is -0.493 e. The molecule has 0 radical (unpaired) electrons. The molecule has 222 valence electrons. The molecule has 7 nitrogen and oxygen atoms in total. The number of carbonyl (C=O) groups excluding carboxylic acids is 4. The Labute approximate surface area is 243 Å². The Balaban J connectivity index is 1.10. The summed E-state index contributed by atoms with van der Waals surface area (Å²) in [5.74, 6) is -0.0543. The van der Waals surface area contributed by atoms with E-state index in [0.717, 1.165) is 24.7 Å². The number of rotatable bonds is 11. The summed E-state index contributed by atoms with van der Waals surface area (Å²) >= 11 is 0. The van der Waals surface area contributed by atoms with Gasteiger partial charge < -0.3 is 14.2 Å². The lowest BCUT2D eigenvalue weighted by Crippen LogP contribution is -2.16. The highest BCUT2D eigenvalue weighted by Gasteiger charge is 2.39. The molecule has 0 spiro atoms. The molecule has 5 rings (SSSR count). The maximum Gasteiger partial charge on any atom is 0.321 e. The molecule has 0 aromatic heterocycles. The van der Waals surface area contributed by atoms with Gasteiger partial charge >= 0.3 is 23.9 Å². The standard InChI is InChI=1S/C34H44O7/c1-2-4-22-6-10-24(11-7-22)14-15-25-12-8-23(9-13-25)5-3-18-39-30-19-26(28-20-31(35)40-33(28)37)16-17-27(30)29-21-32(36)41-34(29)38/h14-17,19,22-25,28-29H,2-13,18,20-21H2,1H3/b15-14+. The first-order valence-electron chi connectivity index (χ1n) is 15.8. The molecule has 2 saturated heterocycles. The lowest BCUT2D eigenvalue weighted by molar-refractivity contribution is -0.154. The van der Waals surface area contributed by atoms with Crippen molar-refractivity contribution in [2.45, 2.75) is 109 Å². The summed E-state index contributed by atoms with van der Waals surface area (Å²) < 4.78 is 15.7. The van der Waals surface area contributed by atoms with E-state index in [9.17, 15) is 19.2 Å². The van der Waals surface area contributed by atoms with Gasteiger partial charge in [-0.2, -0.15) is 0 Å². The monoisotopic (exact) mass is 564 g/mol. The minimum absolute atomic E-state index is 0.0144. The van der Waals surface area contributed by atoms with E-state index in [-0.39, 0.29) is 12.8 Å². The number of ether oxygens (including phenoxy) is 3. The molecule has 7 heteroatoms. The quantitative estimate of drug-likeness (QED) is 0.124. The number of esters is 4. The van der Waals surface area contributed by atoms with Crippen molar-refractivity contribution in [2.75, 3.05) is 6.61 Å². The number of hydrogen-bond donors (Lipinski definition) is 0. The first-order valence-corrected chi connectivity index (χ1v) is 15.8. The highest BCUT2D eigenvalue weighted by molar-refractivity contribution is 5.99. The first-order chi connectivity index (χ1) is 19.9. The largest absolute Gasteiger partial charge is 0.493 e. The lowest BCUT2D eigenvalue weighted by Gasteiger charge is -2.29. The van der Waals surface area contributed by atoms with Gasteiger partial charge in [-0.05, 0) is 99.5 Å². The van der Waals surface area contributed by atoms with E-state index >= 15 is 0 Å². The second-order valence-corrected chi connectivity index (χ2v) is 12.6. The molecule has 0 bridgehead atoms. The zero-order valence-corrected chi connectivity index (χ0v) is 24.3. The van der Waals surface area contributed by atoms with Gasteiger partial charge in [0.05, 0.1) is 31.3 Å². The molecule has 0 amide bonds. The van der Waals surface area contributed by atoms with Gasteiger partial charge in [-0.1, -0.05) is 44.1 Å². The molecule has 1 aromatic rings. The third-order valence-corrected chi connectivity index (χ3v) is 9.70. The lowest BCUT2D eigenvalue weighted by atomic mass is 9.77. The van der Waals surface area contributed by atoms with Crippen molar-refractivity contribution >= 4 is 23.9 Å². The smallest absolute Gasteiger partial charge is 0.321 e. The zero-order valence-electron chi connectivity index (χ0n) is 24.3. The van der Waals surface area contributed by atoms with Gasteiger partial charge in [0.2, 0.25) is 0 Å². The van der Waals surface area contributed by atoms with E-state index in [2.05, 4.69) is 19.1 Å². The highest BCUT2D eigenvalue weighted by atomic mass is 16.6. The van der Waals surface area contributed by atoms with E-state index in [0.29, 0.717) is 35.3 Å². The Morgan fingerprint density at radius 2 is 1.32 bits per heavy atom. The number of hydrogen-bond acceptors (Lipinski definition) is 7. The summed E-state index contributed by atoms with van der Waals surface area (Å²) in [7, 11) is 0. The van der Waals surface area contributed by atoms with Crippen molar-refractivity contribution in [3.63, 3.8) is 0 Å². The van der Waals surface area contributed by atoms with E-state index in [1.54, 1.807) is 18.2 Å². The first kappa shape index (κ1) is 29.5. The Kier molecular flexibility index (Phi) is 9.94. The van der Waals surface area contributed by atoms with E-state index < -0.39 is 35.7 Å². The topological polar surface area (TPSA) is 96.0 Å². The maximum atomic E-state index is 12.3. The van der Waals surface area contributed by atoms with E-state index in [4.69, 9.17) is 14.2 Å². The fourth-order valence-corrected chi connectivity index (χ4v) is 7.24. The Hall–Kier alpha value is -2.96. The van der Waals surface area contributed by atoms with Crippen molar-refractivity contribution in [3.8, 4) is 5.75 Å². The van der Waals surface area contributed by atoms with Gasteiger partial charge in [0.1, 0.15) is 5.75 Å². The van der Waals surface area contributed by atoms with Crippen molar-refractivity contribution in [2.24, 2.45) is 23.7 Å². The van der Waals surface area contributed by atoms with Crippen molar-refractivity contribution < 1.29 is 33.4 Å². The van der Waals surface area contributed by atoms with Gasteiger partial charge in [0.15, 0.2) is 0 Å². The van der Waals surface area contributed by atoms with Crippen LogP contribution >= 0.6 is 0 Å². The fourth-order valence-electron chi connectivity index (χ4n) is 7.24. The number of carbonyl (C=O) groups is 4. The van der Waals surface area contributed by atoms with E-state index in [1.165, 1.54) is 64.2 Å². The maximum absolute atomic E-state index is 12.3. The van der Waals surface area contributed by atoms with Crippen LogP contribution in [0.3, 0.4) is 0 Å². The summed E-state index contributed by atoms with van der Waals surface area (Å²) in [6.07, 6.45) is 20.2. The SMILES string of the molecule is CCCC1CCC(/C=C/C2CCC(CCCOc3cc(C4CC(=O)OC4=O)ccc3C3CC(=O)OC3=O)CC2)CC1. The van der Waals surface area contributed by atoms with Crippen LogP contribution in [0, 0.1) is 23.7 Å². The molecular formula is C34H44O7. The molecule has 41 heavy (non-hydrogen) atoms. The van der Waals surface area contributed by atoms with E-state index in [1.807, 2.05) is 0 Å². The summed E-state index contributed by atoms with van der Waals surface area (Å²) in [6.45, 7) is 2.77. The number of allylic oxidation sites excluding steroid dienone is 2. The van der Waals surface area contributed by atoms with Crippen molar-refractivity contribution in [3.05, 3.63) is 41.5 Å². The zero-order chi connectivity index (χ0) is 28.8. The van der Waals surface area contributed by atoms with Crippen molar-refractivity contribution in [1.29, 1.82) is 0 Å². The molecular weight excluding hydrogens is 520 g/mol. The van der Waals surface area contributed by atoms with Gasteiger partial charge in [0, 0.05) is 5.56 Å². The van der Waals surface area contributed by atoms with Gasteiger partial charge in [-0.15, -0.1) is 0 Å². The number of benzene rings is 1. The van der Waals surface area contributed by atoms with Gasteiger partial charge in [0.25, 0.3) is 0 Å². The normalized spacial score (nSPS) is 30.6.